The van der Waals surface area contributed by atoms with E-state index in [-0.39, 0.29) is 6.10 Å². The molecule has 2 heteroatoms. The van der Waals surface area contributed by atoms with E-state index in [2.05, 4.69) is 25.7 Å². The van der Waals surface area contributed by atoms with Crippen molar-refractivity contribution in [2.75, 3.05) is 13.1 Å². The highest BCUT2D eigenvalue weighted by atomic mass is 16.3. The maximum Gasteiger partial charge on any atom is 0.0585 e. The molecule has 1 N–H and O–H groups in total. The van der Waals surface area contributed by atoms with Gasteiger partial charge >= 0.3 is 0 Å². The van der Waals surface area contributed by atoms with Crippen LogP contribution in [0.2, 0.25) is 0 Å². The van der Waals surface area contributed by atoms with Crippen molar-refractivity contribution in [2.24, 2.45) is 17.8 Å². The van der Waals surface area contributed by atoms with Crippen LogP contribution < -0.4 is 0 Å². The monoisotopic (exact) mass is 253 g/mol. The Morgan fingerprint density at radius 2 is 1.89 bits per heavy atom. The lowest BCUT2D eigenvalue weighted by Gasteiger charge is -2.40. The van der Waals surface area contributed by atoms with E-state index in [1.165, 1.54) is 38.6 Å². The summed E-state index contributed by atoms with van der Waals surface area (Å²) in [5, 5.41) is 10.4. The Kier molecular flexibility index (Phi) is 5.08. The largest absolute Gasteiger partial charge is 0.393 e. The second-order valence-corrected chi connectivity index (χ2v) is 6.86. The van der Waals surface area contributed by atoms with Crippen LogP contribution in [0.1, 0.15) is 59.3 Å². The number of nitrogens with zero attached hydrogens (tertiary/aromatic N) is 1. The van der Waals surface area contributed by atoms with E-state index in [0.29, 0.717) is 17.8 Å². The SMILES string of the molecule is CCCCN(CC1C(C)CC(C)CC1O)C1CC1. The van der Waals surface area contributed by atoms with Gasteiger partial charge in [-0.05, 0) is 50.5 Å². The highest BCUT2D eigenvalue weighted by Gasteiger charge is 2.37. The van der Waals surface area contributed by atoms with Gasteiger partial charge in [0.1, 0.15) is 0 Å². The third-order valence-corrected chi connectivity index (χ3v) is 4.95. The lowest BCUT2D eigenvalue weighted by Crippen LogP contribution is -2.43. The molecule has 2 aliphatic rings. The number of rotatable bonds is 6. The molecule has 0 bridgehead atoms. The zero-order valence-corrected chi connectivity index (χ0v) is 12.4. The van der Waals surface area contributed by atoms with Crippen LogP contribution in [-0.2, 0) is 0 Å². The third-order valence-electron chi connectivity index (χ3n) is 4.95. The summed E-state index contributed by atoms with van der Waals surface area (Å²) in [5.74, 6) is 1.90. The van der Waals surface area contributed by atoms with Crippen molar-refractivity contribution < 1.29 is 5.11 Å². The summed E-state index contributed by atoms with van der Waals surface area (Å²) in [6.45, 7) is 9.28. The molecule has 0 radical (unpaired) electrons. The molecule has 2 fully saturated rings. The Bertz CT molecular complexity index is 239. The average molecular weight is 253 g/mol. The number of unbranched alkanes of at least 4 members (excludes halogenated alkanes) is 1. The molecule has 2 aliphatic carbocycles. The Balaban J connectivity index is 1.88. The van der Waals surface area contributed by atoms with E-state index >= 15 is 0 Å². The lowest BCUT2D eigenvalue weighted by atomic mass is 9.73. The van der Waals surface area contributed by atoms with E-state index in [4.69, 9.17) is 0 Å². The van der Waals surface area contributed by atoms with Crippen LogP contribution in [0.25, 0.3) is 0 Å². The number of aliphatic hydroxyl groups is 1. The molecule has 4 unspecified atom stereocenters. The highest BCUT2D eigenvalue weighted by molar-refractivity contribution is 4.90. The predicted octanol–water partition coefficient (Wildman–Crippen LogP) is 3.29. The average Bonchev–Trinajstić information content (AvgIpc) is 3.11. The van der Waals surface area contributed by atoms with Gasteiger partial charge in [-0.1, -0.05) is 27.2 Å². The van der Waals surface area contributed by atoms with Crippen LogP contribution in [0.4, 0.5) is 0 Å². The van der Waals surface area contributed by atoms with Gasteiger partial charge in [0.25, 0.3) is 0 Å². The van der Waals surface area contributed by atoms with Gasteiger partial charge in [-0.25, -0.2) is 0 Å². The molecule has 0 heterocycles. The molecule has 0 aromatic carbocycles. The standard InChI is InChI=1S/C16H31NO/c1-4-5-8-17(14-6-7-14)11-15-13(3)9-12(2)10-16(15)18/h12-16,18H,4-11H2,1-3H3. The molecule has 0 aromatic rings. The van der Waals surface area contributed by atoms with Crippen molar-refractivity contribution in [1.82, 2.24) is 4.90 Å². The molecular weight excluding hydrogens is 222 g/mol. The summed E-state index contributed by atoms with van der Waals surface area (Å²) < 4.78 is 0. The van der Waals surface area contributed by atoms with E-state index in [1.807, 2.05) is 0 Å². The van der Waals surface area contributed by atoms with Crippen molar-refractivity contribution >= 4 is 0 Å². The Morgan fingerprint density at radius 1 is 1.17 bits per heavy atom. The first kappa shape index (κ1) is 14.3. The molecule has 2 saturated carbocycles. The van der Waals surface area contributed by atoms with Crippen molar-refractivity contribution in [3.8, 4) is 0 Å². The Labute approximate surface area is 113 Å². The Morgan fingerprint density at radius 3 is 2.44 bits per heavy atom. The Hall–Kier alpha value is -0.0800. The van der Waals surface area contributed by atoms with Crippen molar-refractivity contribution in [2.45, 2.75) is 71.4 Å². The third kappa shape index (κ3) is 3.71. The van der Waals surface area contributed by atoms with Crippen LogP contribution in [0.5, 0.6) is 0 Å². The molecule has 2 nitrogen and oxygen atoms in total. The first-order valence-corrected chi connectivity index (χ1v) is 8.04. The van der Waals surface area contributed by atoms with Crippen LogP contribution in [0.15, 0.2) is 0 Å². The second kappa shape index (κ2) is 6.38. The topological polar surface area (TPSA) is 23.5 Å². The minimum absolute atomic E-state index is 0.0633. The first-order valence-electron chi connectivity index (χ1n) is 8.04. The maximum absolute atomic E-state index is 10.4. The number of hydrogen-bond acceptors (Lipinski definition) is 2. The fourth-order valence-electron chi connectivity index (χ4n) is 3.67. The molecule has 0 aliphatic heterocycles. The van der Waals surface area contributed by atoms with Crippen molar-refractivity contribution in [1.29, 1.82) is 0 Å². The van der Waals surface area contributed by atoms with Gasteiger partial charge in [0, 0.05) is 18.5 Å². The quantitative estimate of drug-likeness (QED) is 0.785. The van der Waals surface area contributed by atoms with E-state index in [1.54, 1.807) is 0 Å². The lowest BCUT2D eigenvalue weighted by molar-refractivity contribution is -0.00352. The molecule has 0 amide bonds. The molecule has 2 rings (SSSR count). The number of aliphatic hydroxyl groups excluding tert-OH is 1. The van der Waals surface area contributed by atoms with Crippen LogP contribution in [0, 0.1) is 17.8 Å². The summed E-state index contributed by atoms with van der Waals surface area (Å²) in [5.41, 5.74) is 0. The molecule has 0 saturated heterocycles. The highest BCUT2D eigenvalue weighted by Crippen LogP contribution is 2.36. The van der Waals surface area contributed by atoms with Crippen LogP contribution in [-0.4, -0.2) is 35.2 Å². The van der Waals surface area contributed by atoms with Crippen LogP contribution >= 0.6 is 0 Å². The van der Waals surface area contributed by atoms with Crippen molar-refractivity contribution in [3.63, 3.8) is 0 Å². The fraction of sp³-hybridized carbons (Fsp3) is 1.00. The van der Waals surface area contributed by atoms with Gasteiger partial charge in [-0.15, -0.1) is 0 Å². The van der Waals surface area contributed by atoms with E-state index in [9.17, 15) is 5.11 Å². The molecule has 0 aromatic heterocycles. The summed E-state index contributed by atoms with van der Waals surface area (Å²) in [4.78, 5) is 2.67. The van der Waals surface area contributed by atoms with Gasteiger partial charge < -0.3 is 10.0 Å². The molecule has 4 atom stereocenters. The van der Waals surface area contributed by atoms with Gasteiger partial charge in [-0.2, -0.15) is 0 Å². The predicted molar refractivity (Wildman–Crippen MR) is 76.6 cm³/mol. The minimum atomic E-state index is -0.0633. The molecule has 18 heavy (non-hydrogen) atoms. The summed E-state index contributed by atoms with van der Waals surface area (Å²) >= 11 is 0. The minimum Gasteiger partial charge on any atom is -0.393 e. The first-order chi connectivity index (χ1) is 8.61. The van der Waals surface area contributed by atoms with E-state index < -0.39 is 0 Å². The summed E-state index contributed by atoms with van der Waals surface area (Å²) in [6, 6.07) is 0.843. The van der Waals surface area contributed by atoms with E-state index in [0.717, 1.165) is 19.0 Å². The molecular formula is C16H31NO. The summed E-state index contributed by atoms with van der Waals surface area (Å²) in [7, 11) is 0. The molecule has 0 spiro atoms. The zero-order valence-electron chi connectivity index (χ0n) is 12.4. The second-order valence-electron chi connectivity index (χ2n) is 6.86. The van der Waals surface area contributed by atoms with Crippen LogP contribution in [0.3, 0.4) is 0 Å². The number of hydrogen-bond donors (Lipinski definition) is 1. The zero-order chi connectivity index (χ0) is 13.1. The maximum atomic E-state index is 10.4. The van der Waals surface area contributed by atoms with Gasteiger partial charge in [0.05, 0.1) is 6.10 Å². The smallest absolute Gasteiger partial charge is 0.0585 e. The normalized spacial score (nSPS) is 37.2. The van der Waals surface area contributed by atoms with Crippen molar-refractivity contribution in [3.05, 3.63) is 0 Å². The summed E-state index contributed by atoms with van der Waals surface area (Å²) in [6.07, 6.45) is 7.61. The van der Waals surface area contributed by atoms with Gasteiger partial charge in [0.2, 0.25) is 0 Å². The fourth-order valence-corrected chi connectivity index (χ4v) is 3.67. The van der Waals surface area contributed by atoms with Gasteiger partial charge in [0.15, 0.2) is 0 Å². The van der Waals surface area contributed by atoms with Gasteiger partial charge in [-0.3, -0.25) is 0 Å². The molecule has 106 valence electrons.